The van der Waals surface area contributed by atoms with Crippen molar-refractivity contribution in [1.82, 2.24) is 14.5 Å². The highest BCUT2D eigenvalue weighted by Crippen LogP contribution is 2.34. The Bertz CT molecular complexity index is 946. The monoisotopic (exact) mass is 380 g/mol. The molecule has 0 aliphatic carbocycles. The van der Waals surface area contributed by atoms with Crippen molar-refractivity contribution in [2.45, 2.75) is 13.5 Å². The van der Waals surface area contributed by atoms with Crippen LogP contribution in [0.25, 0.3) is 10.9 Å². The van der Waals surface area contributed by atoms with Crippen LogP contribution in [0.5, 0.6) is 5.75 Å². The lowest BCUT2D eigenvalue weighted by molar-refractivity contribution is -0.105. The van der Waals surface area contributed by atoms with Crippen LogP contribution in [0.3, 0.4) is 0 Å². The summed E-state index contributed by atoms with van der Waals surface area (Å²) in [5.74, 6) is 0.355. The van der Waals surface area contributed by atoms with Crippen LogP contribution in [0.15, 0.2) is 41.6 Å². The molecule has 0 aliphatic heterocycles. The van der Waals surface area contributed by atoms with E-state index in [9.17, 15) is 14.7 Å². The quantitative estimate of drug-likeness (QED) is 0.680. The van der Waals surface area contributed by atoms with Gasteiger partial charge in [-0.3, -0.25) is 14.2 Å². The smallest absolute Gasteiger partial charge is 0.262 e. The van der Waals surface area contributed by atoms with E-state index in [1.165, 1.54) is 17.0 Å². The number of carbonyl (C=O) groups is 1. The molecule has 0 fully saturated rings. The van der Waals surface area contributed by atoms with Crippen molar-refractivity contribution in [2.75, 3.05) is 5.32 Å². The molecule has 25 heavy (non-hydrogen) atoms. The molecule has 2 heterocycles. The molecule has 2 aromatic heterocycles. The summed E-state index contributed by atoms with van der Waals surface area (Å²) in [6.45, 7) is 2.31. The Morgan fingerprint density at radius 3 is 2.64 bits per heavy atom. The van der Waals surface area contributed by atoms with E-state index in [0.717, 1.165) is 0 Å². The zero-order valence-corrected chi connectivity index (χ0v) is 14.6. The molecule has 0 unspecified atom stereocenters. The predicted molar refractivity (Wildman–Crippen MR) is 97.3 cm³/mol. The SMILES string of the molecule is CCn1cnc2c(O)c(Cl)cc(Cl)c2c1=O.O=CNc1ccccn1. The number of rotatable bonds is 3. The minimum Gasteiger partial charge on any atom is -0.504 e. The Morgan fingerprint density at radius 1 is 1.28 bits per heavy atom. The number of nitrogens with zero attached hydrogens (tertiary/aromatic N) is 3. The van der Waals surface area contributed by atoms with Gasteiger partial charge in [0.25, 0.3) is 5.56 Å². The number of pyridine rings is 1. The van der Waals surface area contributed by atoms with Gasteiger partial charge in [0.05, 0.1) is 21.8 Å². The number of aromatic hydroxyl groups is 1. The van der Waals surface area contributed by atoms with Gasteiger partial charge in [-0.25, -0.2) is 9.97 Å². The average molecular weight is 381 g/mol. The molecule has 7 nitrogen and oxygen atoms in total. The zero-order chi connectivity index (χ0) is 18.4. The molecule has 3 rings (SSSR count). The van der Waals surface area contributed by atoms with E-state index in [-0.39, 0.29) is 32.3 Å². The minimum absolute atomic E-state index is 0.0821. The summed E-state index contributed by atoms with van der Waals surface area (Å²) in [6.07, 6.45) is 3.57. The largest absolute Gasteiger partial charge is 0.504 e. The average Bonchev–Trinajstić information content (AvgIpc) is 2.61. The number of hydrogen-bond donors (Lipinski definition) is 2. The first-order valence-electron chi connectivity index (χ1n) is 7.16. The second kappa shape index (κ2) is 8.46. The highest BCUT2D eigenvalue weighted by molar-refractivity contribution is 6.39. The van der Waals surface area contributed by atoms with Crippen LogP contribution in [-0.4, -0.2) is 26.1 Å². The Kier molecular flexibility index (Phi) is 6.32. The first kappa shape index (κ1) is 18.7. The van der Waals surface area contributed by atoms with Gasteiger partial charge in [-0.2, -0.15) is 0 Å². The molecular weight excluding hydrogens is 367 g/mol. The lowest BCUT2D eigenvalue weighted by Gasteiger charge is -2.07. The van der Waals surface area contributed by atoms with Crippen LogP contribution >= 0.6 is 23.2 Å². The number of phenols is 1. The summed E-state index contributed by atoms with van der Waals surface area (Å²) in [4.78, 5) is 29.6. The fraction of sp³-hybridized carbons (Fsp3) is 0.125. The molecule has 0 aliphatic rings. The van der Waals surface area contributed by atoms with Crippen LogP contribution < -0.4 is 10.9 Å². The third-order valence-corrected chi connectivity index (χ3v) is 3.78. The second-order valence-electron chi connectivity index (χ2n) is 4.73. The van der Waals surface area contributed by atoms with Gasteiger partial charge in [-0.05, 0) is 25.1 Å². The highest BCUT2D eigenvalue weighted by atomic mass is 35.5. The van der Waals surface area contributed by atoms with E-state index in [4.69, 9.17) is 23.2 Å². The van der Waals surface area contributed by atoms with E-state index >= 15 is 0 Å². The van der Waals surface area contributed by atoms with Gasteiger partial charge in [0.2, 0.25) is 6.41 Å². The summed E-state index contributed by atoms with van der Waals surface area (Å²) in [7, 11) is 0. The maximum absolute atomic E-state index is 11.9. The Hall–Kier alpha value is -2.64. The van der Waals surface area contributed by atoms with Crippen molar-refractivity contribution < 1.29 is 9.90 Å². The molecule has 0 saturated carbocycles. The standard InChI is InChI=1S/C10H8Cl2N2O2.C6H6N2O/c1-2-14-4-13-8-7(10(14)16)5(11)3-6(12)9(8)15;9-5-8-6-3-1-2-4-7-6/h3-4,15H,2H2,1H3;1-5H,(H,7,8,9). The number of anilines is 1. The molecule has 3 aromatic rings. The molecule has 1 amide bonds. The molecule has 0 bridgehead atoms. The molecule has 0 spiro atoms. The molecule has 2 N–H and O–H groups in total. The van der Waals surface area contributed by atoms with Gasteiger partial charge < -0.3 is 10.4 Å². The summed E-state index contributed by atoms with van der Waals surface area (Å²) >= 11 is 11.7. The number of halogens is 2. The number of nitrogens with one attached hydrogen (secondary N) is 1. The number of amides is 1. The van der Waals surface area contributed by atoms with Gasteiger partial charge in [0, 0.05) is 12.7 Å². The predicted octanol–water partition coefficient (Wildman–Crippen LogP) is 3.08. The first-order chi connectivity index (χ1) is 12.0. The zero-order valence-electron chi connectivity index (χ0n) is 13.1. The maximum Gasteiger partial charge on any atom is 0.262 e. The number of aryl methyl sites for hydroxylation is 1. The number of carbonyl (C=O) groups excluding carboxylic acids is 1. The van der Waals surface area contributed by atoms with Crippen LogP contribution in [0.1, 0.15) is 6.92 Å². The van der Waals surface area contributed by atoms with Crippen molar-refractivity contribution in [3.63, 3.8) is 0 Å². The lowest BCUT2D eigenvalue weighted by Crippen LogP contribution is -2.19. The number of aromatic nitrogens is 3. The number of benzene rings is 1. The van der Waals surface area contributed by atoms with E-state index in [1.54, 1.807) is 24.4 Å². The minimum atomic E-state index is -0.288. The summed E-state index contributed by atoms with van der Waals surface area (Å²) in [5, 5.41) is 12.5. The van der Waals surface area contributed by atoms with Crippen LogP contribution in [0, 0.1) is 0 Å². The fourth-order valence-corrected chi connectivity index (χ4v) is 2.52. The molecule has 9 heteroatoms. The molecule has 0 saturated heterocycles. The maximum atomic E-state index is 11.9. The van der Waals surface area contributed by atoms with Gasteiger partial charge in [-0.1, -0.05) is 29.3 Å². The molecule has 0 atom stereocenters. The molecule has 1 aromatic carbocycles. The van der Waals surface area contributed by atoms with Crippen molar-refractivity contribution in [2.24, 2.45) is 0 Å². The number of hydrogen-bond acceptors (Lipinski definition) is 5. The lowest BCUT2D eigenvalue weighted by atomic mass is 10.2. The summed E-state index contributed by atoms with van der Waals surface area (Å²) in [5.41, 5.74) is -0.156. The van der Waals surface area contributed by atoms with E-state index < -0.39 is 0 Å². The van der Waals surface area contributed by atoms with Crippen molar-refractivity contribution >= 4 is 46.3 Å². The van der Waals surface area contributed by atoms with E-state index in [0.29, 0.717) is 18.8 Å². The van der Waals surface area contributed by atoms with Crippen LogP contribution in [0.4, 0.5) is 5.82 Å². The molecule has 130 valence electrons. The van der Waals surface area contributed by atoms with Crippen molar-refractivity contribution in [3.8, 4) is 5.75 Å². The Morgan fingerprint density at radius 2 is 2.04 bits per heavy atom. The van der Waals surface area contributed by atoms with Crippen molar-refractivity contribution in [1.29, 1.82) is 0 Å². The molecular formula is C16H14Cl2N4O3. The molecule has 0 radical (unpaired) electrons. The van der Waals surface area contributed by atoms with Gasteiger partial charge in [0.1, 0.15) is 11.3 Å². The van der Waals surface area contributed by atoms with Gasteiger partial charge in [0.15, 0.2) is 5.75 Å². The topological polar surface area (TPSA) is 97.1 Å². The summed E-state index contributed by atoms with van der Waals surface area (Å²) in [6, 6.07) is 6.65. The normalized spacial score (nSPS) is 10.0. The Balaban J connectivity index is 0.000000212. The van der Waals surface area contributed by atoms with Crippen LogP contribution in [-0.2, 0) is 11.3 Å². The summed E-state index contributed by atoms with van der Waals surface area (Å²) < 4.78 is 1.40. The highest BCUT2D eigenvalue weighted by Gasteiger charge is 2.14. The third kappa shape index (κ3) is 4.26. The second-order valence-corrected chi connectivity index (χ2v) is 5.54. The Labute approximate surface area is 152 Å². The van der Waals surface area contributed by atoms with E-state index in [2.05, 4.69) is 15.3 Å². The number of phenolic OH excluding ortho intramolecular Hbond substituents is 1. The van der Waals surface area contributed by atoms with Crippen LogP contribution in [0.2, 0.25) is 10.0 Å². The number of fused-ring (bicyclic) bond motifs is 1. The van der Waals surface area contributed by atoms with Gasteiger partial charge >= 0.3 is 0 Å². The fourth-order valence-electron chi connectivity index (χ4n) is 1.98. The van der Waals surface area contributed by atoms with Gasteiger partial charge in [-0.15, -0.1) is 0 Å². The third-order valence-electron chi connectivity index (χ3n) is 3.19. The van der Waals surface area contributed by atoms with Crippen molar-refractivity contribution in [3.05, 3.63) is 57.2 Å². The van der Waals surface area contributed by atoms with E-state index in [1.807, 2.05) is 6.92 Å². The first-order valence-corrected chi connectivity index (χ1v) is 7.92.